The highest BCUT2D eigenvalue weighted by Crippen LogP contribution is 2.30. The number of aliphatic hydroxyl groups excluding tert-OH is 1. The molecule has 0 radical (unpaired) electrons. The predicted octanol–water partition coefficient (Wildman–Crippen LogP) is 2.66. The van der Waals surface area contributed by atoms with Gasteiger partial charge in [-0.05, 0) is 32.9 Å². The van der Waals surface area contributed by atoms with Crippen LogP contribution in [0, 0.1) is 0 Å². The molecule has 0 spiro atoms. The molecule has 2 N–H and O–H groups in total. The highest BCUT2D eigenvalue weighted by atomic mass is 16.3. The topological polar surface area (TPSA) is 107 Å². The van der Waals surface area contributed by atoms with Gasteiger partial charge in [0.25, 0.3) is 0 Å². The van der Waals surface area contributed by atoms with Crippen LogP contribution in [0.2, 0.25) is 0 Å². The second kappa shape index (κ2) is 7.59. The van der Waals surface area contributed by atoms with Crippen molar-refractivity contribution in [2.24, 2.45) is 7.05 Å². The van der Waals surface area contributed by atoms with Crippen LogP contribution in [0.1, 0.15) is 26.8 Å². The predicted molar refractivity (Wildman–Crippen MR) is 111 cm³/mol. The van der Waals surface area contributed by atoms with Gasteiger partial charge in [-0.1, -0.05) is 0 Å². The van der Waals surface area contributed by atoms with Crippen molar-refractivity contribution >= 4 is 17.1 Å². The van der Waals surface area contributed by atoms with Crippen LogP contribution in [0.4, 0.5) is 5.95 Å². The smallest absolute Gasteiger partial charge is 0.223 e. The van der Waals surface area contributed by atoms with Crippen molar-refractivity contribution in [1.29, 1.82) is 0 Å². The van der Waals surface area contributed by atoms with Crippen LogP contribution in [0.5, 0.6) is 0 Å². The van der Waals surface area contributed by atoms with Gasteiger partial charge in [0, 0.05) is 43.8 Å². The van der Waals surface area contributed by atoms with Crippen molar-refractivity contribution in [2.75, 3.05) is 11.9 Å². The molecule has 4 rings (SSSR count). The Labute approximate surface area is 168 Å². The number of aryl methyl sites for hydroxylation is 1. The molecule has 4 aromatic heterocycles. The number of hydrogen-bond acceptors (Lipinski definition) is 7. The minimum atomic E-state index is -0.492. The Balaban J connectivity index is 1.81. The van der Waals surface area contributed by atoms with E-state index >= 15 is 0 Å². The van der Waals surface area contributed by atoms with Gasteiger partial charge in [0.05, 0.1) is 18.0 Å². The van der Waals surface area contributed by atoms with Crippen LogP contribution in [-0.2, 0) is 7.05 Å². The second-order valence-electron chi connectivity index (χ2n) is 7.35. The van der Waals surface area contributed by atoms with Crippen molar-refractivity contribution in [3.63, 3.8) is 0 Å². The summed E-state index contributed by atoms with van der Waals surface area (Å²) in [4.78, 5) is 18.1. The number of fused-ring (bicyclic) bond motifs is 1. The van der Waals surface area contributed by atoms with Gasteiger partial charge in [0.1, 0.15) is 16.9 Å². The zero-order chi connectivity index (χ0) is 20.5. The summed E-state index contributed by atoms with van der Waals surface area (Å²) < 4.78 is 3.83. The van der Waals surface area contributed by atoms with E-state index in [4.69, 9.17) is 10.1 Å². The number of aliphatic hydroxyl groups is 1. The Morgan fingerprint density at radius 3 is 2.69 bits per heavy atom. The van der Waals surface area contributed by atoms with E-state index in [2.05, 4.69) is 34.1 Å². The molecule has 150 valence electrons. The third kappa shape index (κ3) is 3.81. The van der Waals surface area contributed by atoms with Gasteiger partial charge in [-0.15, -0.1) is 0 Å². The molecule has 0 saturated carbocycles. The fraction of sp³-hybridized carbons (Fsp3) is 0.350. The average molecular weight is 392 g/mol. The summed E-state index contributed by atoms with van der Waals surface area (Å²) in [5, 5.41) is 17.3. The van der Waals surface area contributed by atoms with Crippen LogP contribution < -0.4 is 5.32 Å². The van der Waals surface area contributed by atoms with Gasteiger partial charge in [-0.3, -0.25) is 9.67 Å². The molecule has 0 aliphatic rings. The molecular formula is C20H24N8O. The van der Waals surface area contributed by atoms with Gasteiger partial charge in [0.15, 0.2) is 5.65 Å². The maximum Gasteiger partial charge on any atom is 0.223 e. The lowest BCUT2D eigenvalue weighted by Crippen LogP contribution is -2.16. The van der Waals surface area contributed by atoms with Gasteiger partial charge in [-0.25, -0.2) is 15.0 Å². The van der Waals surface area contributed by atoms with Crippen molar-refractivity contribution in [3.8, 4) is 22.6 Å². The zero-order valence-corrected chi connectivity index (χ0v) is 16.9. The minimum Gasteiger partial charge on any atom is -0.392 e. The Morgan fingerprint density at radius 1 is 1.10 bits per heavy atom. The summed E-state index contributed by atoms with van der Waals surface area (Å²) in [6.07, 6.45) is 6.85. The Kier molecular flexibility index (Phi) is 4.98. The molecule has 0 amide bonds. The zero-order valence-electron chi connectivity index (χ0n) is 16.9. The second-order valence-corrected chi connectivity index (χ2v) is 7.35. The summed E-state index contributed by atoms with van der Waals surface area (Å²) in [7, 11) is 1.94. The Morgan fingerprint density at radius 2 is 1.93 bits per heavy atom. The molecule has 0 unspecified atom stereocenters. The van der Waals surface area contributed by atoms with Crippen LogP contribution >= 0.6 is 0 Å². The SMILES string of the molecule is CC(C)n1cc(-c2ccnc(NC[C@H](C)O)n2)c(-c2cnc3ccn(C)c3n2)n1. The lowest BCUT2D eigenvalue weighted by atomic mass is 10.1. The average Bonchev–Trinajstić information content (AvgIpc) is 3.31. The molecule has 0 saturated heterocycles. The highest BCUT2D eigenvalue weighted by molar-refractivity contribution is 5.80. The first-order valence-electron chi connectivity index (χ1n) is 9.55. The fourth-order valence-corrected chi connectivity index (χ4v) is 3.00. The molecule has 1 atom stereocenters. The summed E-state index contributed by atoms with van der Waals surface area (Å²) in [5.74, 6) is 0.454. The van der Waals surface area contributed by atoms with E-state index in [0.717, 1.165) is 28.1 Å². The van der Waals surface area contributed by atoms with E-state index in [-0.39, 0.29) is 6.04 Å². The highest BCUT2D eigenvalue weighted by Gasteiger charge is 2.18. The van der Waals surface area contributed by atoms with Gasteiger partial charge in [-0.2, -0.15) is 5.10 Å². The number of aromatic nitrogens is 7. The molecule has 9 nitrogen and oxygen atoms in total. The molecule has 29 heavy (non-hydrogen) atoms. The quantitative estimate of drug-likeness (QED) is 0.519. The fourth-order valence-electron chi connectivity index (χ4n) is 3.00. The van der Waals surface area contributed by atoms with E-state index in [1.807, 2.05) is 40.8 Å². The standard InChI is InChI=1S/C20H24N8O/c1-12(2)28-11-14(15-5-7-21-20(25-15)23-9-13(3)29)18(26-28)17-10-22-16-6-8-27(4)19(16)24-17/h5-8,10-13,29H,9H2,1-4H3,(H,21,23,25)/t13-/m0/s1. The summed E-state index contributed by atoms with van der Waals surface area (Å²) in [6.45, 7) is 6.22. The summed E-state index contributed by atoms with van der Waals surface area (Å²) in [5.41, 5.74) is 4.62. The largest absolute Gasteiger partial charge is 0.392 e. The maximum atomic E-state index is 9.50. The van der Waals surface area contributed by atoms with E-state index in [9.17, 15) is 5.11 Å². The van der Waals surface area contributed by atoms with Crippen molar-refractivity contribution < 1.29 is 5.11 Å². The first-order valence-corrected chi connectivity index (χ1v) is 9.55. The number of rotatable bonds is 6. The van der Waals surface area contributed by atoms with Gasteiger partial charge >= 0.3 is 0 Å². The molecule has 0 aliphatic carbocycles. The van der Waals surface area contributed by atoms with Gasteiger partial charge in [0.2, 0.25) is 5.95 Å². The molecule has 0 aromatic carbocycles. The van der Waals surface area contributed by atoms with E-state index in [1.54, 1.807) is 19.3 Å². The van der Waals surface area contributed by atoms with Gasteiger partial charge < -0.3 is 15.0 Å². The van der Waals surface area contributed by atoms with Crippen molar-refractivity contribution in [3.05, 3.63) is 36.9 Å². The maximum absolute atomic E-state index is 9.50. The molecule has 4 heterocycles. The first kappa shape index (κ1) is 19.0. The van der Waals surface area contributed by atoms with E-state index in [0.29, 0.717) is 18.2 Å². The molecule has 0 fully saturated rings. The molecule has 4 aromatic rings. The molecule has 0 bridgehead atoms. The lowest BCUT2D eigenvalue weighted by molar-refractivity contribution is 0.208. The minimum absolute atomic E-state index is 0.184. The lowest BCUT2D eigenvalue weighted by Gasteiger charge is -2.08. The number of anilines is 1. The number of nitrogens with zero attached hydrogens (tertiary/aromatic N) is 7. The van der Waals surface area contributed by atoms with E-state index in [1.165, 1.54) is 0 Å². The third-order valence-corrected chi connectivity index (χ3v) is 4.56. The van der Waals surface area contributed by atoms with Crippen LogP contribution in [0.25, 0.3) is 33.8 Å². The summed E-state index contributed by atoms with van der Waals surface area (Å²) >= 11 is 0. The molecular weight excluding hydrogens is 368 g/mol. The molecule has 0 aliphatic heterocycles. The number of nitrogens with one attached hydrogen (secondary N) is 1. The third-order valence-electron chi connectivity index (χ3n) is 4.56. The molecule has 9 heteroatoms. The van der Waals surface area contributed by atoms with Crippen LogP contribution in [0.15, 0.2) is 36.9 Å². The Hall–Kier alpha value is -3.33. The first-order chi connectivity index (χ1) is 13.9. The van der Waals surface area contributed by atoms with E-state index < -0.39 is 6.10 Å². The Bertz CT molecular complexity index is 1140. The number of hydrogen-bond donors (Lipinski definition) is 2. The van der Waals surface area contributed by atoms with Crippen molar-refractivity contribution in [1.82, 2.24) is 34.3 Å². The van der Waals surface area contributed by atoms with Crippen molar-refractivity contribution in [2.45, 2.75) is 32.9 Å². The summed E-state index contributed by atoms with van der Waals surface area (Å²) in [6, 6.07) is 3.96. The normalized spacial score (nSPS) is 12.6. The monoisotopic (exact) mass is 392 g/mol. The van der Waals surface area contributed by atoms with Crippen LogP contribution in [0.3, 0.4) is 0 Å². The van der Waals surface area contributed by atoms with Crippen LogP contribution in [-0.4, -0.2) is 52.0 Å².